The molecule has 3 aromatic rings. The van der Waals surface area contributed by atoms with Crippen molar-refractivity contribution in [1.29, 1.82) is 0 Å². The summed E-state index contributed by atoms with van der Waals surface area (Å²) in [7, 11) is 1.67. The molecule has 20 heavy (non-hydrogen) atoms. The van der Waals surface area contributed by atoms with E-state index in [9.17, 15) is 0 Å². The lowest BCUT2D eigenvalue weighted by Gasteiger charge is -2.06. The molecule has 0 atom stereocenters. The van der Waals surface area contributed by atoms with Crippen molar-refractivity contribution in [2.24, 2.45) is 0 Å². The molecule has 0 radical (unpaired) electrons. The van der Waals surface area contributed by atoms with Crippen LogP contribution in [0.15, 0.2) is 22.0 Å². The van der Waals surface area contributed by atoms with Crippen molar-refractivity contribution in [3.63, 3.8) is 0 Å². The maximum Gasteiger partial charge on any atom is 0.178 e. The summed E-state index contributed by atoms with van der Waals surface area (Å²) in [6.07, 6.45) is 0.867. The van der Waals surface area contributed by atoms with E-state index in [4.69, 9.17) is 19.7 Å². The van der Waals surface area contributed by atoms with Gasteiger partial charge in [0.05, 0.1) is 13.7 Å². The Bertz CT molecular complexity index is 806. The highest BCUT2D eigenvalue weighted by atomic mass is 32.1. The first-order valence-electron chi connectivity index (χ1n) is 6.24. The number of nitrogens with zero attached hydrogens (tertiary/aromatic N) is 1. The van der Waals surface area contributed by atoms with Gasteiger partial charge >= 0.3 is 0 Å². The number of methoxy groups -OCH3 is 1. The van der Waals surface area contributed by atoms with Crippen LogP contribution < -0.4 is 15.2 Å². The van der Waals surface area contributed by atoms with Crippen molar-refractivity contribution in [2.45, 2.75) is 6.42 Å². The molecule has 0 spiro atoms. The molecule has 0 saturated heterocycles. The molecule has 1 aliphatic heterocycles. The SMILES string of the molecule is COc1csc(-c2cc3onc(N)c3c3c2CCO3)c1. The molecule has 1 aliphatic rings. The Morgan fingerprint density at radius 1 is 1.40 bits per heavy atom. The Morgan fingerprint density at radius 2 is 2.30 bits per heavy atom. The number of thiophene rings is 1. The Balaban J connectivity index is 2.00. The minimum atomic E-state index is 0.383. The first-order valence-corrected chi connectivity index (χ1v) is 7.12. The van der Waals surface area contributed by atoms with E-state index in [1.807, 2.05) is 17.5 Å². The lowest BCUT2D eigenvalue weighted by atomic mass is 10.0. The summed E-state index contributed by atoms with van der Waals surface area (Å²) < 4.78 is 16.3. The molecular weight excluding hydrogens is 276 g/mol. The molecule has 3 heterocycles. The summed E-state index contributed by atoms with van der Waals surface area (Å²) in [6, 6.07) is 4.00. The molecule has 0 fully saturated rings. The van der Waals surface area contributed by atoms with Crippen molar-refractivity contribution < 1.29 is 14.0 Å². The van der Waals surface area contributed by atoms with Crippen LogP contribution in [0, 0.1) is 0 Å². The highest BCUT2D eigenvalue weighted by molar-refractivity contribution is 7.13. The van der Waals surface area contributed by atoms with Crippen LogP contribution in [0.1, 0.15) is 5.56 Å². The molecule has 1 aromatic carbocycles. The van der Waals surface area contributed by atoms with E-state index in [2.05, 4.69) is 5.16 Å². The molecular formula is C14H12N2O3S. The second-order valence-corrected chi connectivity index (χ2v) is 5.53. The zero-order chi connectivity index (χ0) is 13.7. The van der Waals surface area contributed by atoms with E-state index in [0.717, 1.165) is 39.3 Å². The second kappa shape index (κ2) is 4.14. The lowest BCUT2D eigenvalue weighted by molar-refractivity contribution is 0.360. The number of nitrogen functional groups attached to an aromatic ring is 1. The summed E-state index contributed by atoms with van der Waals surface area (Å²) in [5, 5.41) is 6.60. The number of fused-ring (bicyclic) bond motifs is 3. The third-order valence-corrected chi connectivity index (χ3v) is 4.46. The van der Waals surface area contributed by atoms with Crippen molar-refractivity contribution in [2.75, 3.05) is 19.5 Å². The fraction of sp³-hybridized carbons (Fsp3) is 0.214. The van der Waals surface area contributed by atoms with Crippen LogP contribution >= 0.6 is 11.3 Å². The number of benzene rings is 1. The Kier molecular flexibility index (Phi) is 2.40. The van der Waals surface area contributed by atoms with Gasteiger partial charge < -0.3 is 19.7 Å². The van der Waals surface area contributed by atoms with Crippen molar-refractivity contribution in [1.82, 2.24) is 5.16 Å². The quantitative estimate of drug-likeness (QED) is 0.784. The summed E-state index contributed by atoms with van der Waals surface area (Å²) in [4.78, 5) is 1.13. The van der Waals surface area contributed by atoms with Gasteiger partial charge in [0.1, 0.15) is 16.9 Å². The van der Waals surface area contributed by atoms with Gasteiger partial charge in [-0.15, -0.1) is 11.3 Å². The molecule has 2 aromatic heterocycles. The van der Waals surface area contributed by atoms with E-state index >= 15 is 0 Å². The van der Waals surface area contributed by atoms with Crippen LogP contribution in [0.25, 0.3) is 21.4 Å². The third kappa shape index (κ3) is 1.51. The zero-order valence-electron chi connectivity index (χ0n) is 10.8. The predicted octanol–water partition coefficient (Wildman–Crippen LogP) is 3.08. The van der Waals surface area contributed by atoms with Crippen LogP contribution in [0.4, 0.5) is 5.82 Å². The molecule has 5 nitrogen and oxygen atoms in total. The standard InChI is InChI=1S/C14H12N2O3S/c1-17-7-4-11(20-6-7)9-5-10-12(14(15)16-19-10)13-8(9)2-3-18-13/h4-6H,2-3H2,1H3,(H2,15,16). The second-order valence-electron chi connectivity index (χ2n) is 4.62. The maximum absolute atomic E-state index is 5.86. The van der Waals surface area contributed by atoms with E-state index < -0.39 is 0 Å². The summed E-state index contributed by atoms with van der Waals surface area (Å²) in [5.74, 6) is 2.05. The molecule has 102 valence electrons. The summed E-state index contributed by atoms with van der Waals surface area (Å²) in [5.41, 5.74) is 8.79. The first-order chi connectivity index (χ1) is 9.78. The van der Waals surface area contributed by atoms with Gasteiger partial charge in [-0.3, -0.25) is 0 Å². The van der Waals surface area contributed by atoms with E-state index in [1.54, 1.807) is 18.4 Å². The lowest BCUT2D eigenvalue weighted by Crippen LogP contribution is -1.89. The minimum Gasteiger partial charge on any atom is -0.496 e. The zero-order valence-corrected chi connectivity index (χ0v) is 11.6. The topological polar surface area (TPSA) is 70.5 Å². The Morgan fingerprint density at radius 3 is 3.10 bits per heavy atom. The highest BCUT2D eigenvalue weighted by Gasteiger charge is 2.25. The summed E-state index contributed by atoms with van der Waals surface area (Å²) >= 11 is 1.63. The average Bonchev–Trinajstić information content (AvgIpc) is 3.15. The minimum absolute atomic E-state index is 0.383. The fourth-order valence-corrected chi connectivity index (χ4v) is 3.48. The van der Waals surface area contributed by atoms with Crippen molar-refractivity contribution in [3.8, 4) is 21.9 Å². The smallest absolute Gasteiger partial charge is 0.178 e. The molecule has 0 amide bonds. The normalized spacial score (nSPS) is 13.4. The van der Waals surface area contributed by atoms with Gasteiger partial charge in [-0.05, 0) is 12.1 Å². The van der Waals surface area contributed by atoms with Gasteiger partial charge in [0.25, 0.3) is 0 Å². The number of anilines is 1. The van der Waals surface area contributed by atoms with Gasteiger partial charge in [-0.25, -0.2) is 0 Å². The molecule has 0 saturated carbocycles. The molecule has 6 heteroatoms. The van der Waals surface area contributed by atoms with Gasteiger partial charge in [0.2, 0.25) is 0 Å². The Labute approximate surface area is 118 Å². The van der Waals surface area contributed by atoms with E-state index in [1.165, 1.54) is 0 Å². The van der Waals surface area contributed by atoms with Gasteiger partial charge in [-0.1, -0.05) is 5.16 Å². The van der Waals surface area contributed by atoms with Crippen LogP contribution in [0.2, 0.25) is 0 Å². The highest BCUT2D eigenvalue weighted by Crippen LogP contribution is 2.45. The van der Waals surface area contributed by atoms with Gasteiger partial charge in [0, 0.05) is 27.8 Å². The van der Waals surface area contributed by atoms with Crippen molar-refractivity contribution in [3.05, 3.63) is 23.1 Å². The molecule has 4 rings (SSSR count). The van der Waals surface area contributed by atoms with Gasteiger partial charge in [-0.2, -0.15) is 0 Å². The van der Waals surface area contributed by atoms with Crippen LogP contribution in [0.3, 0.4) is 0 Å². The first kappa shape index (κ1) is 11.6. The fourth-order valence-electron chi connectivity index (χ4n) is 2.58. The molecule has 0 unspecified atom stereocenters. The largest absolute Gasteiger partial charge is 0.496 e. The maximum atomic E-state index is 5.86. The number of ether oxygens (including phenoxy) is 2. The van der Waals surface area contributed by atoms with Crippen molar-refractivity contribution >= 4 is 28.1 Å². The van der Waals surface area contributed by atoms with E-state index in [0.29, 0.717) is 18.0 Å². The van der Waals surface area contributed by atoms with E-state index in [-0.39, 0.29) is 0 Å². The van der Waals surface area contributed by atoms with Crippen LogP contribution in [-0.2, 0) is 6.42 Å². The third-order valence-electron chi connectivity index (χ3n) is 3.52. The average molecular weight is 288 g/mol. The van der Waals surface area contributed by atoms with Gasteiger partial charge in [0.15, 0.2) is 11.4 Å². The number of nitrogens with two attached hydrogens (primary N) is 1. The van der Waals surface area contributed by atoms with Crippen LogP contribution in [-0.4, -0.2) is 18.9 Å². The molecule has 0 bridgehead atoms. The monoisotopic (exact) mass is 288 g/mol. The number of hydrogen-bond acceptors (Lipinski definition) is 6. The molecule has 2 N–H and O–H groups in total. The number of hydrogen-bond donors (Lipinski definition) is 1. The summed E-state index contributed by atoms with van der Waals surface area (Å²) in [6.45, 7) is 0.661. The predicted molar refractivity (Wildman–Crippen MR) is 77.5 cm³/mol. The number of rotatable bonds is 2. The Hall–Kier alpha value is -2.21. The number of aromatic nitrogens is 1. The molecule has 0 aliphatic carbocycles. The van der Waals surface area contributed by atoms with Crippen LogP contribution in [0.5, 0.6) is 11.5 Å².